The fourth-order valence-corrected chi connectivity index (χ4v) is 7.25. The summed E-state index contributed by atoms with van der Waals surface area (Å²) in [5, 5.41) is 39.4. The zero-order valence-corrected chi connectivity index (χ0v) is 29.0. The molecule has 2 amide bonds. The molecule has 0 bridgehead atoms. The zero-order chi connectivity index (χ0) is 37.1. The van der Waals surface area contributed by atoms with Gasteiger partial charge in [0, 0.05) is 25.9 Å². The number of carbonyl (C=O) groups is 2. The molecule has 0 spiro atoms. The van der Waals surface area contributed by atoms with Gasteiger partial charge in [0.1, 0.15) is 28.9 Å². The highest BCUT2D eigenvalue weighted by atomic mass is 16.5. The van der Waals surface area contributed by atoms with Crippen molar-refractivity contribution in [2.24, 2.45) is 0 Å². The summed E-state index contributed by atoms with van der Waals surface area (Å²) < 4.78 is 16.0. The lowest BCUT2D eigenvalue weighted by molar-refractivity contribution is 0.0287. The van der Waals surface area contributed by atoms with Gasteiger partial charge in [-0.05, 0) is 66.6 Å². The van der Waals surface area contributed by atoms with E-state index in [1.807, 2.05) is 13.8 Å². The van der Waals surface area contributed by atoms with Crippen LogP contribution in [-0.2, 0) is 13.1 Å². The van der Waals surface area contributed by atoms with Crippen LogP contribution in [0.4, 0.5) is 0 Å². The van der Waals surface area contributed by atoms with Crippen LogP contribution >= 0.6 is 0 Å². The molecule has 276 valence electrons. The Morgan fingerprint density at radius 3 is 1.76 bits per heavy atom. The molecule has 6 aromatic rings. The molecule has 0 saturated carbocycles. The highest BCUT2D eigenvalue weighted by Crippen LogP contribution is 2.36. The van der Waals surface area contributed by atoms with E-state index in [1.165, 1.54) is 31.5 Å². The summed E-state index contributed by atoms with van der Waals surface area (Å²) in [6.07, 6.45) is 5.70. The van der Waals surface area contributed by atoms with Crippen LogP contribution in [0.5, 0.6) is 11.5 Å². The number of amides is 2. The number of fused-ring (bicyclic) bond motifs is 6. The summed E-state index contributed by atoms with van der Waals surface area (Å²) in [6, 6.07) is 5.76. The van der Waals surface area contributed by atoms with E-state index in [4.69, 9.17) is 9.47 Å². The average Bonchev–Trinajstić information content (AvgIpc) is 4.01. The highest BCUT2D eigenvalue weighted by Gasteiger charge is 2.39. The van der Waals surface area contributed by atoms with Gasteiger partial charge in [0.25, 0.3) is 22.9 Å². The van der Waals surface area contributed by atoms with Crippen LogP contribution in [0.3, 0.4) is 0 Å². The van der Waals surface area contributed by atoms with Gasteiger partial charge in [-0.2, -0.15) is 4.80 Å². The Bertz CT molecular complexity index is 2360. The Morgan fingerprint density at radius 1 is 0.704 bits per heavy atom. The van der Waals surface area contributed by atoms with Crippen molar-refractivity contribution < 1.29 is 19.1 Å². The largest absolute Gasteiger partial charge is 0.470 e. The third-order valence-corrected chi connectivity index (χ3v) is 9.97. The SMILES string of the molecule is C[C@H](Cn1cnnn1)n1nnc2cc3c(cc2c1=O)OC1CCCN1C3=O.C[C@H](Cn1ncnn1)n1nnc2cc3c(cc2c1=O)OC1CCCN1C3=O. The number of hydrogen-bond donors (Lipinski definition) is 0. The first kappa shape index (κ1) is 33.1. The quantitative estimate of drug-likeness (QED) is 0.218. The minimum absolute atomic E-state index is 0.0846. The van der Waals surface area contributed by atoms with Gasteiger partial charge >= 0.3 is 0 Å². The summed E-state index contributed by atoms with van der Waals surface area (Å²) in [7, 11) is 0. The summed E-state index contributed by atoms with van der Waals surface area (Å²) >= 11 is 0. The highest BCUT2D eigenvalue weighted by molar-refractivity contribution is 6.02. The average molecular weight is 737 g/mol. The lowest BCUT2D eigenvalue weighted by Crippen LogP contribution is -2.43. The first-order valence-electron chi connectivity index (χ1n) is 17.5. The molecule has 2 aromatic carbocycles. The minimum atomic E-state index is -0.326. The number of carbonyl (C=O) groups excluding carboxylic acids is 2. The Morgan fingerprint density at radius 2 is 1.26 bits per heavy atom. The maximum absolute atomic E-state index is 12.9. The van der Waals surface area contributed by atoms with Crippen molar-refractivity contribution in [1.82, 2.24) is 80.2 Å². The van der Waals surface area contributed by atoms with Gasteiger partial charge in [0.15, 0.2) is 18.8 Å². The summed E-state index contributed by atoms with van der Waals surface area (Å²) in [6.45, 7) is 5.73. The van der Waals surface area contributed by atoms with Crippen molar-refractivity contribution in [3.63, 3.8) is 0 Å². The fourth-order valence-electron chi connectivity index (χ4n) is 7.25. The molecule has 22 nitrogen and oxygen atoms in total. The topological polar surface area (TPSA) is 242 Å². The number of tetrazole rings is 2. The second kappa shape index (κ2) is 13.0. The van der Waals surface area contributed by atoms with Crippen LogP contribution in [-0.4, -0.2) is 118 Å². The van der Waals surface area contributed by atoms with Gasteiger partial charge in [-0.15, -0.1) is 25.5 Å². The molecule has 2 unspecified atom stereocenters. The number of aromatic nitrogens is 14. The molecule has 0 N–H and O–H groups in total. The number of rotatable bonds is 6. The van der Waals surface area contributed by atoms with Crippen molar-refractivity contribution in [2.75, 3.05) is 13.1 Å². The molecule has 4 atom stereocenters. The normalized spacial score (nSPS) is 19.7. The molecule has 0 aliphatic carbocycles. The van der Waals surface area contributed by atoms with E-state index in [-0.39, 0.29) is 47.5 Å². The fraction of sp³-hybridized carbons (Fsp3) is 0.438. The maximum atomic E-state index is 12.9. The van der Waals surface area contributed by atoms with Crippen molar-refractivity contribution >= 4 is 33.6 Å². The molecule has 4 aliphatic heterocycles. The van der Waals surface area contributed by atoms with Gasteiger partial charge in [0.05, 0.1) is 47.1 Å². The van der Waals surface area contributed by atoms with Crippen LogP contribution in [0.2, 0.25) is 0 Å². The third kappa shape index (κ3) is 5.65. The minimum Gasteiger partial charge on any atom is -0.470 e. The van der Waals surface area contributed by atoms with Crippen LogP contribution in [0, 0.1) is 0 Å². The van der Waals surface area contributed by atoms with E-state index in [1.54, 1.807) is 34.1 Å². The lowest BCUT2D eigenvalue weighted by atomic mass is 10.1. The Labute approximate surface area is 303 Å². The molecular weight excluding hydrogens is 704 g/mol. The van der Waals surface area contributed by atoms with E-state index in [9.17, 15) is 19.2 Å². The van der Waals surface area contributed by atoms with Crippen LogP contribution in [0.1, 0.15) is 72.3 Å². The molecule has 0 radical (unpaired) electrons. The predicted molar refractivity (Wildman–Crippen MR) is 182 cm³/mol. The van der Waals surface area contributed by atoms with Crippen LogP contribution < -0.4 is 20.6 Å². The smallest absolute Gasteiger partial charge is 0.278 e. The second-order valence-electron chi connectivity index (χ2n) is 13.6. The van der Waals surface area contributed by atoms with E-state index in [0.29, 0.717) is 70.6 Å². The number of benzene rings is 2. The Balaban J connectivity index is 0.000000142. The molecule has 10 rings (SSSR count). The monoisotopic (exact) mass is 736 g/mol. The second-order valence-corrected chi connectivity index (χ2v) is 13.6. The first-order valence-corrected chi connectivity index (χ1v) is 17.5. The molecule has 2 saturated heterocycles. The molecule has 22 heteroatoms. The van der Waals surface area contributed by atoms with Crippen LogP contribution in [0.25, 0.3) is 21.8 Å². The predicted octanol–water partition coefficient (Wildman–Crippen LogP) is -0.0126. The number of nitrogens with zero attached hydrogens (tertiary/aromatic N) is 16. The van der Waals surface area contributed by atoms with Gasteiger partial charge in [-0.1, -0.05) is 10.4 Å². The standard InChI is InChI=1S/2C16H16N8O3/c1-9(7-22-8-17-19-21-22)24-16(26)10-6-13-11(5-12(10)18-20-24)15(25)23-4-2-3-14(23)27-13;1-9(7-23-18-8-17-20-23)24-16(26)10-6-13-11(5-12(10)19-21-24)15(25)22-4-2-3-14(22)27-13/h2*5-6,8-9,14H,2-4,7H2,1H3/t2*9-,14?/m11/s1. The number of ether oxygens (including phenoxy) is 2. The Kier molecular flexibility index (Phi) is 8.00. The molecule has 8 heterocycles. The summed E-state index contributed by atoms with van der Waals surface area (Å²) in [5.41, 5.74) is 0.990. The molecule has 54 heavy (non-hydrogen) atoms. The Hall–Kier alpha value is -6.74. The van der Waals surface area contributed by atoms with Crippen molar-refractivity contribution in [2.45, 2.75) is 77.2 Å². The van der Waals surface area contributed by atoms with Gasteiger partial charge < -0.3 is 19.3 Å². The van der Waals surface area contributed by atoms with E-state index in [0.717, 1.165) is 25.7 Å². The third-order valence-electron chi connectivity index (χ3n) is 9.97. The van der Waals surface area contributed by atoms with E-state index >= 15 is 0 Å². The molecule has 4 aliphatic rings. The van der Waals surface area contributed by atoms with Crippen molar-refractivity contribution in [3.05, 3.63) is 68.8 Å². The van der Waals surface area contributed by atoms with Gasteiger partial charge in [-0.3, -0.25) is 19.2 Å². The van der Waals surface area contributed by atoms with E-state index < -0.39 is 0 Å². The molecule has 2 fully saturated rings. The molecule has 4 aromatic heterocycles. The number of hydrogen-bond acceptors (Lipinski definition) is 16. The zero-order valence-electron chi connectivity index (χ0n) is 29.0. The summed E-state index contributed by atoms with van der Waals surface area (Å²) in [5.74, 6) is 0.689. The first-order chi connectivity index (χ1) is 26.2. The lowest BCUT2D eigenvalue weighted by Gasteiger charge is -2.31. The van der Waals surface area contributed by atoms with Crippen LogP contribution in [0.15, 0.2) is 46.5 Å². The molecular formula is C32H32N16O6. The van der Waals surface area contributed by atoms with E-state index in [2.05, 4.69) is 51.6 Å². The maximum Gasteiger partial charge on any atom is 0.278 e. The van der Waals surface area contributed by atoms with Crippen molar-refractivity contribution in [1.29, 1.82) is 0 Å². The van der Waals surface area contributed by atoms with Crippen molar-refractivity contribution in [3.8, 4) is 11.5 Å². The van der Waals surface area contributed by atoms with Gasteiger partial charge in [-0.25, -0.2) is 14.0 Å². The van der Waals surface area contributed by atoms with Gasteiger partial charge in [0.2, 0.25) is 0 Å². The summed E-state index contributed by atoms with van der Waals surface area (Å²) in [4.78, 5) is 56.0.